The van der Waals surface area contributed by atoms with E-state index >= 15 is 0 Å². The molecule has 2 aromatic rings. The number of aryl methyl sites for hydroxylation is 1. The molecule has 0 aliphatic heterocycles. The fraction of sp³-hybridized carbons (Fsp3) is 0.286. The lowest BCUT2D eigenvalue weighted by atomic mass is 10.2. The number of hydrogen-bond acceptors (Lipinski definition) is 6. The monoisotopic (exact) mass is 338 g/mol. The first-order chi connectivity index (χ1) is 10.9. The molecular formula is C14H18N4O4S. The largest absolute Gasteiger partial charge is 0.361 e. The minimum Gasteiger partial charge on any atom is -0.361 e. The van der Waals surface area contributed by atoms with Crippen LogP contribution in [-0.2, 0) is 21.2 Å². The molecule has 4 N–H and O–H groups in total. The number of carbonyl (C=O) groups is 1. The highest BCUT2D eigenvalue weighted by Gasteiger charge is 2.14. The Morgan fingerprint density at radius 3 is 2.78 bits per heavy atom. The molecule has 1 aromatic heterocycles. The van der Waals surface area contributed by atoms with Crippen LogP contribution in [0.4, 0.5) is 5.69 Å². The fourth-order valence-electron chi connectivity index (χ4n) is 1.89. The lowest BCUT2D eigenvalue weighted by Crippen LogP contribution is -2.29. The second kappa shape index (κ2) is 7.36. The molecule has 0 atom stereocenters. The van der Waals surface area contributed by atoms with Gasteiger partial charge in [-0.2, -0.15) is 0 Å². The van der Waals surface area contributed by atoms with E-state index in [1.807, 2.05) is 0 Å². The predicted octanol–water partition coefficient (Wildman–Crippen LogP) is 0.401. The Bertz CT molecular complexity index is 786. The third-order valence-corrected chi connectivity index (χ3v) is 4.34. The molecule has 0 unspecified atom stereocenters. The maximum absolute atomic E-state index is 12.0. The number of amides is 1. The number of carbonyl (C=O) groups excluding carboxylic acids is 1. The molecule has 2 rings (SSSR count). The van der Waals surface area contributed by atoms with E-state index in [9.17, 15) is 13.2 Å². The van der Waals surface area contributed by atoms with Gasteiger partial charge in [-0.05, 0) is 25.1 Å². The first-order valence-corrected chi connectivity index (χ1v) is 8.41. The summed E-state index contributed by atoms with van der Waals surface area (Å²) in [6.07, 6.45) is 0.0414. The minimum atomic E-state index is -3.64. The van der Waals surface area contributed by atoms with Crippen LogP contribution >= 0.6 is 0 Å². The second-order valence-corrected chi connectivity index (χ2v) is 6.64. The molecule has 0 aliphatic carbocycles. The smallest absolute Gasteiger partial charge is 0.240 e. The molecular weight excluding hydrogens is 320 g/mol. The summed E-state index contributed by atoms with van der Waals surface area (Å²) < 4.78 is 31.3. The van der Waals surface area contributed by atoms with Crippen LogP contribution in [-0.4, -0.2) is 32.6 Å². The molecule has 0 fully saturated rings. The van der Waals surface area contributed by atoms with E-state index in [1.165, 1.54) is 12.1 Å². The summed E-state index contributed by atoms with van der Waals surface area (Å²) in [4.78, 5) is 12.0. The van der Waals surface area contributed by atoms with Gasteiger partial charge in [0.2, 0.25) is 15.9 Å². The van der Waals surface area contributed by atoms with E-state index in [0.29, 0.717) is 17.1 Å². The number of nitrogens with one attached hydrogen (secondary N) is 2. The van der Waals surface area contributed by atoms with Crippen LogP contribution in [0.5, 0.6) is 0 Å². The zero-order valence-corrected chi connectivity index (χ0v) is 13.4. The Kier molecular flexibility index (Phi) is 5.48. The van der Waals surface area contributed by atoms with Crippen LogP contribution in [0.3, 0.4) is 0 Å². The van der Waals surface area contributed by atoms with Gasteiger partial charge in [0.1, 0.15) is 5.76 Å². The molecule has 0 aliphatic rings. The number of nitrogens with zero attached hydrogens (tertiary/aromatic N) is 1. The molecule has 23 heavy (non-hydrogen) atoms. The molecule has 1 amide bonds. The summed E-state index contributed by atoms with van der Waals surface area (Å²) >= 11 is 0. The van der Waals surface area contributed by atoms with E-state index in [-0.39, 0.29) is 30.3 Å². The van der Waals surface area contributed by atoms with E-state index in [0.717, 1.165) is 0 Å². The number of nitrogens with two attached hydrogens (primary N) is 1. The van der Waals surface area contributed by atoms with Gasteiger partial charge in [-0.25, -0.2) is 13.1 Å². The lowest BCUT2D eigenvalue weighted by molar-refractivity contribution is -0.115. The Balaban J connectivity index is 2.06. The van der Waals surface area contributed by atoms with Crippen LogP contribution in [0.15, 0.2) is 39.8 Å². The Morgan fingerprint density at radius 1 is 1.35 bits per heavy atom. The van der Waals surface area contributed by atoms with Crippen molar-refractivity contribution in [3.05, 3.63) is 41.8 Å². The first kappa shape index (κ1) is 17.1. The van der Waals surface area contributed by atoms with E-state index < -0.39 is 10.0 Å². The van der Waals surface area contributed by atoms with Gasteiger partial charge in [0.05, 0.1) is 17.0 Å². The number of hydrogen-bond donors (Lipinski definition) is 3. The molecule has 0 saturated carbocycles. The van der Waals surface area contributed by atoms with Crippen molar-refractivity contribution in [2.75, 3.05) is 18.4 Å². The minimum absolute atomic E-state index is 0.0414. The summed E-state index contributed by atoms with van der Waals surface area (Å²) in [6.45, 7) is 2.08. The van der Waals surface area contributed by atoms with Crippen molar-refractivity contribution in [2.45, 2.75) is 18.2 Å². The number of sulfonamides is 1. The third kappa shape index (κ3) is 4.88. The maximum atomic E-state index is 12.0. The van der Waals surface area contributed by atoms with E-state index in [1.54, 1.807) is 25.1 Å². The van der Waals surface area contributed by atoms with Crippen LogP contribution in [0, 0.1) is 6.92 Å². The van der Waals surface area contributed by atoms with Gasteiger partial charge in [0.25, 0.3) is 0 Å². The Labute approximate surface area is 134 Å². The lowest BCUT2D eigenvalue weighted by Gasteiger charge is -2.08. The van der Waals surface area contributed by atoms with Gasteiger partial charge in [-0.15, -0.1) is 0 Å². The van der Waals surface area contributed by atoms with Crippen LogP contribution in [0.2, 0.25) is 0 Å². The highest BCUT2D eigenvalue weighted by atomic mass is 32.2. The number of aromatic nitrogens is 1. The number of anilines is 1. The number of benzene rings is 1. The van der Waals surface area contributed by atoms with Gasteiger partial charge >= 0.3 is 0 Å². The average Bonchev–Trinajstić information content (AvgIpc) is 2.90. The molecule has 1 aromatic carbocycles. The topological polar surface area (TPSA) is 127 Å². The molecule has 1 heterocycles. The average molecular weight is 338 g/mol. The van der Waals surface area contributed by atoms with Crippen molar-refractivity contribution >= 4 is 21.6 Å². The SMILES string of the molecule is Cc1cc(CC(=O)Nc2cccc(S(=O)(=O)NCCN)c2)no1. The molecule has 0 radical (unpaired) electrons. The predicted molar refractivity (Wildman–Crippen MR) is 84.3 cm³/mol. The maximum Gasteiger partial charge on any atom is 0.240 e. The summed E-state index contributed by atoms with van der Waals surface area (Å²) in [5.74, 6) is 0.301. The first-order valence-electron chi connectivity index (χ1n) is 6.92. The van der Waals surface area contributed by atoms with Crippen molar-refractivity contribution in [3.8, 4) is 0 Å². The Hall–Kier alpha value is -2.23. The molecule has 9 heteroatoms. The van der Waals surface area contributed by atoms with Crippen LogP contribution in [0.1, 0.15) is 11.5 Å². The van der Waals surface area contributed by atoms with E-state index in [4.69, 9.17) is 10.3 Å². The van der Waals surface area contributed by atoms with Crippen molar-refractivity contribution in [1.82, 2.24) is 9.88 Å². The van der Waals surface area contributed by atoms with Gasteiger partial charge in [-0.1, -0.05) is 11.2 Å². The fourth-order valence-corrected chi connectivity index (χ4v) is 2.98. The van der Waals surface area contributed by atoms with Gasteiger partial charge in [0.15, 0.2) is 0 Å². The molecule has 0 saturated heterocycles. The summed E-state index contributed by atoms with van der Waals surface area (Å²) in [5.41, 5.74) is 6.18. The highest BCUT2D eigenvalue weighted by Crippen LogP contribution is 2.15. The normalized spacial score (nSPS) is 11.4. The van der Waals surface area contributed by atoms with Crippen molar-refractivity contribution in [1.29, 1.82) is 0 Å². The standard InChI is InChI=1S/C14H18N4O4S/c1-10-7-12(18-22-10)9-14(19)17-11-3-2-4-13(8-11)23(20,21)16-6-5-15/h2-4,7-8,16H,5-6,9,15H2,1H3,(H,17,19). The van der Waals surface area contributed by atoms with Gasteiger partial charge in [-0.3, -0.25) is 4.79 Å². The zero-order chi connectivity index (χ0) is 16.9. The highest BCUT2D eigenvalue weighted by molar-refractivity contribution is 7.89. The third-order valence-electron chi connectivity index (χ3n) is 2.88. The van der Waals surface area contributed by atoms with Crippen LogP contribution < -0.4 is 15.8 Å². The molecule has 0 spiro atoms. The van der Waals surface area contributed by atoms with Gasteiger partial charge < -0.3 is 15.6 Å². The van der Waals surface area contributed by atoms with Crippen molar-refractivity contribution < 1.29 is 17.7 Å². The number of rotatable bonds is 7. The quantitative estimate of drug-likeness (QED) is 0.670. The van der Waals surface area contributed by atoms with Crippen molar-refractivity contribution in [2.24, 2.45) is 5.73 Å². The van der Waals surface area contributed by atoms with E-state index in [2.05, 4.69) is 15.2 Å². The molecule has 124 valence electrons. The summed E-state index contributed by atoms with van der Waals surface area (Å²) in [7, 11) is -3.64. The summed E-state index contributed by atoms with van der Waals surface area (Å²) in [6, 6.07) is 7.64. The Morgan fingerprint density at radius 2 is 2.13 bits per heavy atom. The summed E-state index contributed by atoms with van der Waals surface area (Å²) in [5, 5.41) is 6.37. The van der Waals surface area contributed by atoms with Crippen LogP contribution in [0.25, 0.3) is 0 Å². The molecule has 0 bridgehead atoms. The second-order valence-electron chi connectivity index (χ2n) is 4.87. The van der Waals surface area contributed by atoms with Crippen molar-refractivity contribution in [3.63, 3.8) is 0 Å². The molecule has 8 nitrogen and oxygen atoms in total. The zero-order valence-electron chi connectivity index (χ0n) is 12.6. The van der Waals surface area contributed by atoms with Gasteiger partial charge in [0, 0.05) is 24.8 Å².